The molecule has 2 saturated heterocycles. The van der Waals surface area contributed by atoms with Crippen LogP contribution in [-0.4, -0.2) is 50.7 Å². The molecule has 0 aromatic rings. The second-order valence-corrected chi connectivity index (χ2v) is 6.22. The van der Waals surface area contributed by atoms with Crippen molar-refractivity contribution in [1.82, 2.24) is 10.2 Å². The number of halogens is 1. The lowest BCUT2D eigenvalue weighted by atomic mass is 9.81. The second-order valence-electron chi connectivity index (χ2n) is 6.22. The summed E-state index contributed by atoms with van der Waals surface area (Å²) in [6.07, 6.45) is 2.59. The number of hydrogen-bond acceptors (Lipinski definition) is 4. The summed E-state index contributed by atoms with van der Waals surface area (Å²) in [5.74, 6) is 1.06. The van der Waals surface area contributed by atoms with Crippen LogP contribution in [0, 0.1) is 17.3 Å². The summed E-state index contributed by atoms with van der Waals surface area (Å²) < 4.78 is 4.97. The Morgan fingerprint density at radius 3 is 2.84 bits per heavy atom. The Bertz CT molecular complexity index is 308. The van der Waals surface area contributed by atoms with Gasteiger partial charge in [-0.15, -0.1) is 12.4 Å². The summed E-state index contributed by atoms with van der Waals surface area (Å²) in [5.41, 5.74) is -0.323. The molecular weight excluding hydrogens is 264 g/mol. The molecule has 0 spiro atoms. The number of carbonyl (C=O) groups excluding carboxylic acids is 1. The van der Waals surface area contributed by atoms with Gasteiger partial charge in [0.25, 0.3) is 0 Å². The number of methoxy groups -OCH3 is 1. The highest BCUT2D eigenvalue weighted by molar-refractivity contribution is 5.85. The van der Waals surface area contributed by atoms with Crippen molar-refractivity contribution in [2.75, 3.05) is 39.8 Å². The molecule has 2 rings (SSSR count). The highest BCUT2D eigenvalue weighted by Gasteiger charge is 2.47. The summed E-state index contributed by atoms with van der Waals surface area (Å²) in [6.45, 7) is 9.47. The van der Waals surface area contributed by atoms with Crippen molar-refractivity contribution in [3.8, 4) is 0 Å². The summed E-state index contributed by atoms with van der Waals surface area (Å²) >= 11 is 0. The van der Waals surface area contributed by atoms with Crippen LogP contribution in [0.2, 0.25) is 0 Å². The van der Waals surface area contributed by atoms with Crippen LogP contribution in [0.1, 0.15) is 26.7 Å². The topological polar surface area (TPSA) is 41.6 Å². The van der Waals surface area contributed by atoms with E-state index in [0.29, 0.717) is 5.92 Å². The monoisotopic (exact) mass is 290 g/mol. The maximum absolute atomic E-state index is 11.9. The summed E-state index contributed by atoms with van der Waals surface area (Å²) in [7, 11) is 1.49. The van der Waals surface area contributed by atoms with Crippen molar-refractivity contribution in [2.45, 2.75) is 26.7 Å². The zero-order chi connectivity index (χ0) is 13.2. The van der Waals surface area contributed by atoms with Gasteiger partial charge in [-0.25, -0.2) is 0 Å². The van der Waals surface area contributed by atoms with Gasteiger partial charge in [-0.2, -0.15) is 0 Å². The lowest BCUT2D eigenvalue weighted by molar-refractivity contribution is -0.152. The number of piperidine rings is 1. The molecule has 0 saturated carbocycles. The van der Waals surface area contributed by atoms with Gasteiger partial charge in [0.2, 0.25) is 0 Å². The number of esters is 1. The van der Waals surface area contributed by atoms with Crippen molar-refractivity contribution in [3.63, 3.8) is 0 Å². The first-order valence-electron chi connectivity index (χ1n) is 7.07. The third kappa shape index (κ3) is 3.61. The molecule has 0 aromatic heterocycles. The Hall–Kier alpha value is -0.320. The molecule has 1 N–H and O–H groups in total. The van der Waals surface area contributed by atoms with Crippen molar-refractivity contribution >= 4 is 18.4 Å². The van der Waals surface area contributed by atoms with Gasteiger partial charge in [0.1, 0.15) is 0 Å². The number of nitrogens with zero attached hydrogens (tertiary/aromatic N) is 1. The smallest absolute Gasteiger partial charge is 0.313 e. The number of likely N-dealkylation sites (tertiary alicyclic amines) is 1. The number of nitrogens with one attached hydrogen (secondary N) is 1. The molecule has 0 amide bonds. The number of rotatable bonds is 3. The van der Waals surface area contributed by atoms with Gasteiger partial charge in [0, 0.05) is 19.6 Å². The van der Waals surface area contributed by atoms with Gasteiger partial charge in [0.15, 0.2) is 0 Å². The largest absolute Gasteiger partial charge is 0.469 e. The first-order valence-corrected chi connectivity index (χ1v) is 7.07. The fourth-order valence-corrected chi connectivity index (χ4v) is 3.36. The minimum atomic E-state index is -0.323. The van der Waals surface area contributed by atoms with E-state index in [9.17, 15) is 4.79 Å². The fraction of sp³-hybridized carbons (Fsp3) is 0.929. The predicted octanol–water partition coefficient (Wildman–Crippen LogP) is 1.54. The number of carbonyl (C=O) groups is 1. The summed E-state index contributed by atoms with van der Waals surface area (Å²) in [6, 6.07) is 0. The standard InChI is InChI=1S/C14H26N2O2.ClH/c1-11-8-16(9-12-5-4-6-15-7-12)10-14(11,2)13(17)18-3;/h11-12,15H,4-10H2,1-3H3;1H/t11-,12?,14-;/m1./s1. The number of ether oxygens (including phenoxy) is 1. The zero-order valence-corrected chi connectivity index (χ0v) is 13.1. The van der Waals surface area contributed by atoms with Crippen LogP contribution in [0.3, 0.4) is 0 Å². The fourth-order valence-electron chi connectivity index (χ4n) is 3.36. The lowest BCUT2D eigenvalue weighted by Gasteiger charge is -2.28. The molecular formula is C14H27ClN2O2. The Morgan fingerprint density at radius 1 is 1.53 bits per heavy atom. The van der Waals surface area contributed by atoms with Crippen molar-refractivity contribution < 1.29 is 9.53 Å². The molecule has 2 heterocycles. The molecule has 0 aromatic carbocycles. The van der Waals surface area contributed by atoms with E-state index in [4.69, 9.17) is 4.74 Å². The quantitative estimate of drug-likeness (QED) is 0.801. The Labute approximate surface area is 122 Å². The highest BCUT2D eigenvalue weighted by atomic mass is 35.5. The SMILES string of the molecule is COC(=O)[C@]1(C)CN(CC2CCCNC2)C[C@H]1C.Cl. The van der Waals surface area contributed by atoms with E-state index >= 15 is 0 Å². The molecule has 2 aliphatic heterocycles. The molecule has 3 atom stereocenters. The third-order valence-corrected chi connectivity index (χ3v) is 4.74. The van der Waals surface area contributed by atoms with Gasteiger partial charge in [-0.3, -0.25) is 4.79 Å². The molecule has 19 heavy (non-hydrogen) atoms. The average molecular weight is 291 g/mol. The maximum atomic E-state index is 11.9. The van der Waals surface area contributed by atoms with Crippen LogP contribution in [0.4, 0.5) is 0 Å². The van der Waals surface area contributed by atoms with E-state index in [2.05, 4.69) is 17.1 Å². The molecule has 5 heteroatoms. The first kappa shape index (κ1) is 16.7. The Balaban J connectivity index is 0.00000180. The predicted molar refractivity (Wildman–Crippen MR) is 78.6 cm³/mol. The van der Waals surface area contributed by atoms with Crippen molar-refractivity contribution in [1.29, 1.82) is 0 Å². The lowest BCUT2D eigenvalue weighted by Crippen LogP contribution is -2.39. The van der Waals surface area contributed by atoms with Crippen LogP contribution in [0.5, 0.6) is 0 Å². The summed E-state index contributed by atoms with van der Waals surface area (Å²) in [5, 5.41) is 3.46. The van der Waals surface area contributed by atoms with Crippen LogP contribution < -0.4 is 5.32 Å². The summed E-state index contributed by atoms with van der Waals surface area (Å²) in [4.78, 5) is 14.4. The van der Waals surface area contributed by atoms with Crippen LogP contribution >= 0.6 is 12.4 Å². The number of hydrogen-bond donors (Lipinski definition) is 1. The first-order chi connectivity index (χ1) is 8.56. The molecule has 1 unspecified atom stereocenters. The molecule has 2 aliphatic rings. The van der Waals surface area contributed by atoms with Crippen molar-refractivity contribution in [2.24, 2.45) is 17.3 Å². The Morgan fingerprint density at radius 2 is 2.26 bits per heavy atom. The minimum Gasteiger partial charge on any atom is -0.469 e. The van der Waals surface area contributed by atoms with Crippen LogP contribution in [-0.2, 0) is 9.53 Å². The highest BCUT2D eigenvalue weighted by Crippen LogP contribution is 2.37. The third-order valence-electron chi connectivity index (χ3n) is 4.74. The van der Waals surface area contributed by atoms with E-state index in [0.717, 1.165) is 38.6 Å². The van der Waals surface area contributed by atoms with E-state index < -0.39 is 0 Å². The average Bonchev–Trinajstić information content (AvgIpc) is 2.66. The Kier molecular flexibility index (Phi) is 6.09. The second kappa shape index (κ2) is 6.91. The van der Waals surface area contributed by atoms with Gasteiger partial charge in [-0.05, 0) is 44.7 Å². The zero-order valence-electron chi connectivity index (χ0n) is 12.3. The van der Waals surface area contributed by atoms with Crippen LogP contribution in [0.15, 0.2) is 0 Å². The molecule has 0 radical (unpaired) electrons. The van der Waals surface area contributed by atoms with E-state index in [1.807, 2.05) is 6.92 Å². The van der Waals surface area contributed by atoms with E-state index in [1.165, 1.54) is 20.0 Å². The molecule has 0 bridgehead atoms. The van der Waals surface area contributed by atoms with Gasteiger partial charge in [-0.1, -0.05) is 6.92 Å². The van der Waals surface area contributed by atoms with Gasteiger partial charge in [0.05, 0.1) is 12.5 Å². The van der Waals surface area contributed by atoms with Crippen molar-refractivity contribution in [3.05, 3.63) is 0 Å². The van der Waals surface area contributed by atoms with E-state index in [1.54, 1.807) is 0 Å². The van der Waals surface area contributed by atoms with Crippen LogP contribution in [0.25, 0.3) is 0 Å². The van der Waals surface area contributed by atoms with Gasteiger partial charge < -0.3 is 15.0 Å². The van der Waals surface area contributed by atoms with E-state index in [-0.39, 0.29) is 23.8 Å². The van der Waals surface area contributed by atoms with Gasteiger partial charge >= 0.3 is 5.97 Å². The maximum Gasteiger partial charge on any atom is 0.313 e. The molecule has 2 fully saturated rings. The normalized spacial score (nSPS) is 35.7. The molecule has 112 valence electrons. The molecule has 0 aliphatic carbocycles. The molecule has 4 nitrogen and oxygen atoms in total. The minimum absolute atomic E-state index is 0.